The quantitative estimate of drug-likeness (QED) is 0.177. The largest absolute Gasteiger partial charge is 0.479 e. The molecule has 0 aromatic heterocycles. The molecule has 6 atom stereocenters. The number of carbonyl (C=O) groups excluding carboxylic acids is 2. The Kier molecular flexibility index (Phi) is 9.49. The number of aliphatic hydroxyl groups is 3. The predicted octanol–water partition coefficient (Wildman–Crippen LogP) is 2.05. The van der Waals surface area contributed by atoms with Crippen LogP contribution in [-0.4, -0.2) is 82.2 Å². The van der Waals surface area contributed by atoms with Crippen molar-refractivity contribution in [1.82, 2.24) is 5.32 Å². The van der Waals surface area contributed by atoms with Crippen molar-refractivity contribution in [3.8, 4) is 0 Å². The van der Waals surface area contributed by atoms with Gasteiger partial charge in [0.2, 0.25) is 0 Å². The monoisotopic (exact) mass is 550 g/mol. The summed E-state index contributed by atoms with van der Waals surface area (Å²) in [5.41, 5.74) is 2.27. The fourth-order valence-corrected chi connectivity index (χ4v) is 5.12. The number of nitrogens with one attached hydrogen (secondary N) is 1. The van der Waals surface area contributed by atoms with Gasteiger partial charge in [0.25, 0.3) is 0 Å². The van der Waals surface area contributed by atoms with E-state index in [0.29, 0.717) is 0 Å². The molecule has 0 aliphatic carbocycles. The van der Waals surface area contributed by atoms with Crippen molar-refractivity contribution in [2.75, 3.05) is 18.0 Å². The van der Waals surface area contributed by atoms with Gasteiger partial charge in [-0.05, 0) is 60.4 Å². The van der Waals surface area contributed by atoms with Crippen molar-refractivity contribution >= 4 is 34.7 Å². The second-order valence-corrected chi connectivity index (χ2v) is 10.1. The molecule has 0 bridgehead atoms. The number of aliphatic carboxylic acids is 1. The highest BCUT2D eigenvalue weighted by atomic mass is 16.6. The van der Waals surface area contributed by atoms with Gasteiger partial charge in [-0.15, -0.1) is 0 Å². The van der Waals surface area contributed by atoms with Gasteiger partial charge in [0.15, 0.2) is 18.5 Å². The number of aldehydes is 1. The van der Waals surface area contributed by atoms with Crippen LogP contribution in [0.5, 0.6) is 0 Å². The van der Waals surface area contributed by atoms with Crippen molar-refractivity contribution in [2.24, 2.45) is 0 Å². The third-order valence-electron chi connectivity index (χ3n) is 7.31. The average Bonchev–Trinajstić information content (AvgIpc) is 2.98. The Hall–Kier alpha value is -3.83. The Bertz CT molecular complexity index is 1330. The van der Waals surface area contributed by atoms with Gasteiger partial charge in [0, 0.05) is 30.9 Å². The smallest absolute Gasteiger partial charge is 0.338 e. The van der Waals surface area contributed by atoms with Crippen LogP contribution < -0.4 is 10.2 Å². The summed E-state index contributed by atoms with van der Waals surface area (Å²) in [6.45, 7) is 3.81. The Morgan fingerprint density at radius 3 is 2.40 bits per heavy atom. The zero-order valence-electron chi connectivity index (χ0n) is 22.1. The van der Waals surface area contributed by atoms with Crippen molar-refractivity contribution < 1.29 is 39.5 Å². The summed E-state index contributed by atoms with van der Waals surface area (Å²) in [7, 11) is 0. The first kappa shape index (κ1) is 29.2. The number of ether oxygens (including phenoxy) is 1. The second-order valence-electron chi connectivity index (χ2n) is 10.1. The molecule has 212 valence electrons. The van der Waals surface area contributed by atoms with Gasteiger partial charge in [-0.1, -0.05) is 42.5 Å². The Labute approximate surface area is 231 Å². The van der Waals surface area contributed by atoms with E-state index in [1.807, 2.05) is 6.07 Å². The molecule has 1 fully saturated rings. The third kappa shape index (κ3) is 6.65. The number of anilines is 1. The number of hydrogen-bond acceptors (Lipinski definition) is 9. The molecule has 1 saturated heterocycles. The molecule has 0 amide bonds. The molecule has 0 radical (unpaired) electrons. The van der Waals surface area contributed by atoms with Crippen LogP contribution in [0.3, 0.4) is 0 Å². The molecule has 1 aliphatic heterocycles. The number of fused-ring (bicyclic) bond motifs is 1. The van der Waals surface area contributed by atoms with Gasteiger partial charge in [-0.2, -0.15) is 0 Å². The third-order valence-corrected chi connectivity index (χ3v) is 7.31. The lowest BCUT2D eigenvalue weighted by molar-refractivity contribution is -0.164. The molecule has 40 heavy (non-hydrogen) atoms. The fraction of sp³-hybridized carbons (Fsp3) is 0.367. The maximum Gasteiger partial charge on any atom is 0.338 e. The number of carboxylic acids is 1. The number of esters is 1. The summed E-state index contributed by atoms with van der Waals surface area (Å²) in [6, 6.07) is 21.7. The molecule has 1 heterocycles. The first-order valence-electron chi connectivity index (χ1n) is 13.2. The number of piperidine rings is 1. The van der Waals surface area contributed by atoms with Crippen LogP contribution in [0.2, 0.25) is 0 Å². The molecule has 0 unspecified atom stereocenters. The molecule has 10 nitrogen and oxygen atoms in total. The van der Waals surface area contributed by atoms with Gasteiger partial charge in [-0.3, -0.25) is 4.79 Å². The van der Waals surface area contributed by atoms with Crippen LogP contribution >= 0.6 is 0 Å². The molecule has 1 aliphatic rings. The molecule has 0 spiro atoms. The van der Waals surface area contributed by atoms with Crippen molar-refractivity contribution in [3.63, 3.8) is 0 Å². The van der Waals surface area contributed by atoms with Crippen molar-refractivity contribution in [3.05, 3.63) is 77.9 Å². The van der Waals surface area contributed by atoms with Gasteiger partial charge in [0.05, 0.1) is 5.56 Å². The van der Waals surface area contributed by atoms with Gasteiger partial charge < -0.3 is 35.4 Å². The van der Waals surface area contributed by atoms with E-state index < -0.39 is 36.4 Å². The Morgan fingerprint density at radius 2 is 1.70 bits per heavy atom. The van der Waals surface area contributed by atoms with E-state index in [9.17, 15) is 29.7 Å². The molecule has 3 aromatic carbocycles. The van der Waals surface area contributed by atoms with E-state index in [-0.39, 0.29) is 23.9 Å². The van der Waals surface area contributed by atoms with Crippen LogP contribution in [0.4, 0.5) is 5.69 Å². The summed E-state index contributed by atoms with van der Waals surface area (Å²) in [5, 5.41) is 44.2. The summed E-state index contributed by atoms with van der Waals surface area (Å²) in [4.78, 5) is 37.0. The Balaban J connectivity index is 1.37. The number of carboxylic acid groups (broad SMARTS) is 1. The average molecular weight is 551 g/mol. The zero-order chi connectivity index (χ0) is 28.8. The molecule has 4 rings (SSSR count). The molecular formula is C30H34N2O8. The maximum atomic E-state index is 12.6. The van der Waals surface area contributed by atoms with E-state index >= 15 is 0 Å². The molecule has 10 heteroatoms. The predicted molar refractivity (Wildman–Crippen MR) is 148 cm³/mol. The highest BCUT2D eigenvalue weighted by molar-refractivity contribution is 5.91. The summed E-state index contributed by atoms with van der Waals surface area (Å²) >= 11 is 0. The highest BCUT2D eigenvalue weighted by Crippen LogP contribution is 2.27. The van der Waals surface area contributed by atoms with Crippen LogP contribution in [0, 0.1) is 0 Å². The first-order valence-corrected chi connectivity index (χ1v) is 13.2. The van der Waals surface area contributed by atoms with E-state index in [1.165, 1.54) is 28.5 Å². The van der Waals surface area contributed by atoms with Crippen molar-refractivity contribution in [1.29, 1.82) is 0 Å². The fourth-order valence-electron chi connectivity index (χ4n) is 5.12. The number of nitrogens with zero attached hydrogens (tertiary/aromatic N) is 1. The van der Waals surface area contributed by atoms with E-state index in [1.54, 1.807) is 12.1 Å². The number of rotatable bonds is 11. The normalized spacial score (nSPS) is 19.3. The van der Waals surface area contributed by atoms with E-state index in [0.717, 1.165) is 31.6 Å². The lowest BCUT2D eigenvalue weighted by Crippen LogP contribution is -2.49. The van der Waals surface area contributed by atoms with Crippen molar-refractivity contribution in [2.45, 2.75) is 56.3 Å². The number of benzene rings is 3. The van der Waals surface area contributed by atoms with Crippen LogP contribution in [-0.2, 0) is 14.3 Å². The molecule has 5 N–H and O–H groups in total. The number of carbonyl (C=O) groups is 3. The summed E-state index contributed by atoms with van der Waals surface area (Å²) in [6.07, 6.45) is -6.48. The molecular weight excluding hydrogens is 516 g/mol. The highest BCUT2D eigenvalue weighted by Gasteiger charge is 2.37. The summed E-state index contributed by atoms with van der Waals surface area (Å²) in [5.74, 6) is -2.74. The standard InChI is InChI=1S/C30H34N2O8/c1-18(23-10-4-7-19-6-2-3-9-24(19)23)31-21-8-5-15-32(16-21)22-13-11-20(12-14-22)30(39)40-25(17-33)26(34)27(35)28(36)29(37)38/h2-4,6-7,9-14,17-18,21,25-28,31,34-36H,5,8,15-16H2,1H3,(H,37,38)/t18-,21+,25+,26-,27+,28+/m1/s1. The van der Waals surface area contributed by atoms with Crippen LogP contribution in [0.25, 0.3) is 10.8 Å². The minimum Gasteiger partial charge on any atom is -0.479 e. The number of aliphatic hydroxyl groups excluding tert-OH is 3. The topological polar surface area (TPSA) is 157 Å². The first-order chi connectivity index (χ1) is 19.2. The second kappa shape index (κ2) is 13.0. The minimum absolute atomic E-state index is 0.0643. The minimum atomic E-state index is -2.35. The van der Waals surface area contributed by atoms with Crippen LogP contribution in [0.1, 0.15) is 41.7 Å². The molecule has 0 saturated carbocycles. The molecule has 3 aromatic rings. The zero-order valence-corrected chi connectivity index (χ0v) is 22.1. The van der Waals surface area contributed by atoms with Gasteiger partial charge in [0.1, 0.15) is 12.2 Å². The maximum absolute atomic E-state index is 12.6. The number of hydrogen-bond donors (Lipinski definition) is 5. The lowest BCUT2D eigenvalue weighted by atomic mass is 9.97. The van der Waals surface area contributed by atoms with E-state index in [2.05, 4.69) is 53.5 Å². The SMILES string of the molecule is C[C@@H](N[C@H]1CCCN(c2ccc(C(=O)O[C@@H](C=O)[C@@H](O)[C@H](O)[C@H](O)C(=O)O)cc2)C1)c1cccc2ccccc12. The van der Waals surface area contributed by atoms with Gasteiger partial charge >= 0.3 is 11.9 Å². The Morgan fingerprint density at radius 1 is 1.00 bits per heavy atom. The summed E-state index contributed by atoms with van der Waals surface area (Å²) < 4.78 is 4.97. The lowest BCUT2D eigenvalue weighted by Gasteiger charge is -2.36. The van der Waals surface area contributed by atoms with Gasteiger partial charge in [-0.25, -0.2) is 9.59 Å². The van der Waals surface area contributed by atoms with Crippen LogP contribution in [0.15, 0.2) is 66.7 Å². The van der Waals surface area contributed by atoms with E-state index in [4.69, 9.17) is 9.84 Å².